The Kier molecular flexibility index (Phi) is 5.42. The third kappa shape index (κ3) is 4.06. The first kappa shape index (κ1) is 18.8. The van der Waals surface area contributed by atoms with Crippen molar-refractivity contribution in [2.45, 2.75) is 0 Å². The normalized spacial score (nSPS) is 14.8. The topological polar surface area (TPSA) is 51.9 Å². The molecule has 1 saturated heterocycles. The van der Waals surface area contributed by atoms with Gasteiger partial charge in [-0.1, -0.05) is 12.1 Å². The van der Waals surface area contributed by atoms with Crippen molar-refractivity contribution in [1.29, 1.82) is 0 Å². The van der Waals surface area contributed by atoms with Gasteiger partial charge in [0.1, 0.15) is 18.0 Å². The molecule has 1 fully saturated rings. The highest BCUT2D eigenvalue weighted by atomic mass is 16.5. The van der Waals surface area contributed by atoms with Crippen LogP contribution in [0.5, 0.6) is 5.75 Å². The van der Waals surface area contributed by atoms with Crippen molar-refractivity contribution in [3.63, 3.8) is 0 Å². The van der Waals surface area contributed by atoms with Crippen LogP contribution in [-0.4, -0.2) is 58.7 Å². The number of aromatic nitrogens is 3. The van der Waals surface area contributed by atoms with Gasteiger partial charge < -0.3 is 9.47 Å². The van der Waals surface area contributed by atoms with Crippen LogP contribution in [0.15, 0.2) is 73.3 Å². The molecule has 0 spiro atoms. The Bertz CT molecular complexity index is 1100. The predicted molar refractivity (Wildman–Crippen MR) is 117 cm³/mol. The van der Waals surface area contributed by atoms with E-state index >= 15 is 0 Å². The summed E-state index contributed by atoms with van der Waals surface area (Å²) < 4.78 is 13.4. The Balaban J connectivity index is 1.27. The first-order chi connectivity index (χ1) is 14.9. The highest BCUT2D eigenvalue weighted by molar-refractivity contribution is 5.71. The van der Waals surface area contributed by atoms with E-state index in [1.54, 1.807) is 12.4 Å². The molecule has 0 unspecified atom stereocenters. The summed E-state index contributed by atoms with van der Waals surface area (Å²) in [6, 6.07) is 16.5. The van der Waals surface area contributed by atoms with Crippen LogP contribution in [0.3, 0.4) is 0 Å². The van der Waals surface area contributed by atoms with Crippen LogP contribution >= 0.6 is 0 Å². The number of pyridine rings is 2. The maximum atomic E-state index is 5.92. The van der Waals surface area contributed by atoms with E-state index in [-0.39, 0.29) is 0 Å². The van der Waals surface area contributed by atoms with Gasteiger partial charge in [-0.3, -0.25) is 14.3 Å². The quantitative estimate of drug-likeness (QED) is 0.493. The van der Waals surface area contributed by atoms with E-state index in [1.807, 2.05) is 30.5 Å². The Morgan fingerprint density at radius 1 is 0.900 bits per heavy atom. The predicted octanol–water partition coefficient (Wildman–Crippen LogP) is 3.77. The van der Waals surface area contributed by atoms with Gasteiger partial charge in [-0.05, 0) is 47.5 Å². The second-order valence-corrected chi connectivity index (χ2v) is 7.35. The lowest BCUT2D eigenvalue weighted by molar-refractivity contribution is 0.0322. The number of ether oxygens (including phenoxy) is 2. The van der Waals surface area contributed by atoms with Gasteiger partial charge in [0.2, 0.25) is 0 Å². The van der Waals surface area contributed by atoms with E-state index in [4.69, 9.17) is 9.47 Å². The summed E-state index contributed by atoms with van der Waals surface area (Å²) in [5.41, 5.74) is 5.36. The molecule has 0 N–H and O–H groups in total. The summed E-state index contributed by atoms with van der Waals surface area (Å²) in [4.78, 5) is 11.1. The van der Waals surface area contributed by atoms with Crippen molar-refractivity contribution in [1.82, 2.24) is 19.3 Å². The van der Waals surface area contributed by atoms with Gasteiger partial charge in [0.25, 0.3) is 0 Å². The summed E-state index contributed by atoms with van der Waals surface area (Å²) in [6.45, 7) is 5.24. The first-order valence-corrected chi connectivity index (χ1v) is 10.3. The maximum Gasteiger partial charge on any atom is 0.137 e. The summed E-state index contributed by atoms with van der Waals surface area (Å²) in [5, 5.41) is 0. The largest absolute Gasteiger partial charge is 0.492 e. The molecule has 30 heavy (non-hydrogen) atoms. The Morgan fingerprint density at radius 3 is 2.50 bits per heavy atom. The molecule has 3 aromatic heterocycles. The average Bonchev–Trinajstić information content (AvgIpc) is 3.24. The van der Waals surface area contributed by atoms with Crippen LogP contribution in [0.4, 0.5) is 0 Å². The molecule has 6 nitrogen and oxygen atoms in total. The van der Waals surface area contributed by atoms with Crippen LogP contribution in [0.25, 0.3) is 28.0 Å². The van der Waals surface area contributed by atoms with E-state index in [2.05, 4.69) is 49.7 Å². The fourth-order valence-corrected chi connectivity index (χ4v) is 3.76. The zero-order valence-electron chi connectivity index (χ0n) is 16.8. The zero-order valence-corrected chi connectivity index (χ0v) is 16.8. The number of imidazole rings is 1. The number of hydrogen-bond acceptors (Lipinski definition) is 5. The van der Waals surface area contributed by atoms with E-state index in [1.165, 1.54) is 0 Å². The second-order valence-electron chi connectivity index (χ2n) is 7.35. The second kappa shape index (κ2) is 8.65. The van der Waals surface area contributed by atoms with Gasteiger partial charge in [0.15, 0.2) is 0 Å². The Morgan fingerprint density at radius 2 is 1.70 bits per heavy atom. The lowest BCUT2D eigenvalue weighted by Gasteiger charge is -2.26. The highest BCUT2D eigenvalue weighted by Crippen LogP contribution is 2.26. The molecular formula is C24H24N4O2. The van der Waals surface area contributed by atoms with Gasteiger partial charge in [-0.2, -0.15) is 0 Å². The van der Waals surface area contributed by atoms with Crippen LogP contribution in [0.2, 0.25) is 0 Å². The van der Waals surface area contributed by atoms with Crippen molar-refractivity contribution < 1.29 is 9.47 Å². The summed E-state index contributed by atoms with van der Waals surface area (Å²) in [5.74, 6) is 0.897. The molecule has 0 amide bonds. The molecule has 152 valence electrons. The van der Waals surface area contributed by atoms with Crippen LogP contribution in [0, 0.1) is 0 Å². The lowest BCUT2D eigenvalue weighted by atomic mass is 10.1. The van der Waals surface area contributed by atoms with Crippen LogP contribution < -0.4 is 4.74 Å². The average molecular weight is 400 g/mol. The lowest BCUT2D eigenvalue weighted by Crippen LogP contribution is -2.38. The van der Waals surface area contributed by atoms with Crippen LogP contribution in [-0.2, 0) is 4.74 Å². The number of hydrogen-bond donors (Lipinski definition) is 0. The molecular weight excluding hydrogens is 376 g/mol. The molecule has 5 rings (SSSR count). The first-order valence-electron chi connectivity index (χ1n) is 10.3. The Labute approximate surface area is 175 Å². The number of benzene rings is 1. The van der Waals surface area contributed by atoms with Crippen molar-refractivity contribution >= 4 is 5.65 Å². The van der Waals surface area contributed by atoms with E-state index in [0.717, 1.165) is 66.6 Å². The minimum absolute atomic E-state index is 0.692. The third-order valence-corrected chi connectivity index (χ3v) is 5.46. The molecule has 4 heterocycles. The summed E-state index contributed by atoms with van der Waals surface area (Å²) in [6.07, 6.45) is 7.57. The van der Waals surface area contributed by atoms with Crippen LogP contribution in [0.1, 0.15) is 0 Å². The smallest absolute Gasteiger partial charge is 0.137 e. The molecule has 0 radical (unpaired) electrons. The fourth-order valence-electron chi connectivity index (χ4n) is 3.76. The van der Waals surface area contributed by atoms with Gasteiger partial charge in [-0.15, -0.1) is 0 Å². The number of fused-ring (bicyclic) bond motifs is 1. The molecule has 0 bridgehead atoms. The highest BCUT2D eigenvalue weighted by Gasteiger charge is 2.10. The zero-order chi connectivity index (χ0) is 20.2. The summed E-state index contributed by atoms with van der Waals surface area (Å²) in [7, 11) is 0. The molecule has 0 saturated carbocycles. The third-order valence-electron chi connectivity index (χ3n) is 5.46. The van der Waals surface area contributed by atoms with E-state index < -0.39 is 0 Å². The van der Waals surface area contributed by atoms with Gasteiger partial charge >= 0.3 is 0 Å². The number of rotatable bonds is 6. The van der Waals surface area contributed by atoms with Gasteiger partial charge in [-0.25, -0.2) is 4.98 Å². The SMILES string of the molecule is c1cc(-c2cnc3cc(-c4ccc(OCCN5CCOCC5)cc4)ccn23)ccn1. The molecule has 0 atom stereocenters. The van der Waals surface area contributed by atoms with Crippen molar-refractivity contribution in [3.05, 3.63) is 73.3 Å². The monoisotopic (exact) mass is 400 g/mol. The number of morpholine rings is 1. The van der Waals surface area contributed by atoms with Crippen molar-refractivity contribution in [2.24, 2.45) is 0 Å². The van der Waals surface area contributed by atoms with Crippen molar-refractivity contribution in [3.8, 4) is 28.1 Å². The number of nitrogens with zero attached hydrogens (tertiary/aromatic N) is 4. The minimum Gasteiger partial charge on any atom is -0.492 e. The Hall–Kier alpha value is -3.22. The molecule has 1 aromatic carbocycles. The summed E-state index contributed by atoms with van der Waals surface area (Å²) >= 11 is 0. The maximum absolute atomic E-state index is 5.92. The standard InChI is InChI=1S/C24H24N4O2/c1-3-22(30-16-13-27-11-14-29-15-12-27)4-2-19(1)21-7-10-28-23(18-26-24(28)17-21)20-5-8-25-9-6-20/h1-10,17-18H,11-16H2. The minimum atomic E-state index is 0.692. The molecule has 1 aliphatic heterocycles. The fraction of sp³-hybridized carbons (Fsp3) is 0.250. The van der Waals surface area contributed by atoms with Gasteiger partial charge in [0, 0.05) is 43.8 Å². The van der Waals surface area contributed by atoms with Crippen molar-refractivity contribution in [2.75, 3.05) is 39.5 Å². The van der Waals surface area contributed by atoms with Gasteiger partial charge in [0.05, 0.1) is 25.1 Å². The molecule has 6 heteroatoms. The van der Waals surface area contributed by atoms with E-state index in [0.29, 0.717) is 6.61 Å². The molecule has 0 aliphatic carbocycles. The van der Waals surface area contributed by atoms with E-state index in [9.17, 15) is 0 Å². The molecule has 1 aliphatic rings. The molecule has 4 aromatic rings.